The second kappa shape index (κ2) is 8.77. The number of fused-ring (bicyclic) bond motifs is 1. The van der Waals surface area contributed by atoms with E-state index >= 15 is 0 Å². The van der Waals surface area contributed by atoms with Crippen molar-refractivity contribution in [3.63, 3.8) is 0 Å². The Morgan fingerprint density at radius 3 is 2.44 bits per heavy atom. The van der Waals surface area contributed by atoms with Crippen molar-refractivity contribution in [3.05, 3.63) is 71.9 Å². The number of hydrogen-bond acceptors (Lipinski definition) is 3. The lowest BCUT2D eigenvalue weighted by molar-refractivity contribution is -0.142. The fourth-order valence-electron chi connectivity index (χ4n) is 3.15. The van der Waals surface area contributed by atoms with Crippen molar-refractivity contribution in [1.29, 1.82) is 0 Å². The fourth-order valence-corrected chi connectivity index (χ4v) is 3.44. The number of para-hydroxylation sites is 1. The van der Waals surface area contributed by atoms with E-state index in [0.29, 0.717) is 12.2 Å². The molecule has 140 valence electrons. The highest BCUT2D eigenvalue weighted by atomic mass is 32.1. The molecular weight excluding hydrogens is 360 g/mol. The molecule has 0 fully saturated rings. The molecule has 0 aliphatic heterocycles. The van der Waals surface area contributed by atoms with Gasteiger partial charge in [0, 0.05) is 29.3 Å². The Hall–Kier alpha value is -2.73. The summed E-state index contributed by atoms with van der Waals surface area (Å²) in [6.45, 7) is 0. The highest BCUT2D eigenvalue weighted by molar-refractivity contribution is 7.80. The number of aromatic amines is 1. The number of rotatable bonds is 8. The largest absolute Gasteiger partial charge is 0.480 e. The lowest BCUT2D eigenvalue weighted by Gasteiger charge is -2.19. The van der Waals surface area contributed by atoms with Crippen LogP contribution in [0.1, 0.15) is 11.1 Å². The van der Waals surface area contributed by atoms with E-state index in [4.69, 9.17) is 0 Å². The van der Waals surface area contributed by atoms with Gasteiger partial charge in [0.2, 0.25) is 5.91 Å². The zero-order chi connectivity index (χ0) is 19.2. The molecule has 0 aliphatic rings. The topological polar surface area (TPSA) is 82.2 Å². The summed E-state index contributed by atoms with van der Waals surface area (Å²) in [6.07, 6.45) is 2.54. The van der Waals surface area contributed by atoms with Gasteiger partial charge >= 0.3 is 5.97 Å². The highest BCUT2D eigenvalue weighted by Crippen LogP contribution is 2.19. The van der Waals surface area contributed by atoms with Gasteiger partial charge in [-0.05, 0) is 23.6 Å². The molecular formula is C21H22N2O3S. The molecule has 1 amide bonds. The Kier molecular flexibility index (Phi) is 6.19. The monoisotopic (exact) mass is 382 g/mol. The zero-order valence-electron chi connectivity index (χ0n) is 14.8. The summed E-state index contributed by atoms with van der Waals surface area (Å²) in [5, 5.41) is 13.2. The van der Waals surface area contributed by atoms with Gasteiger partial charge < -0.3 is 15.4 Å². The number of carbonyl (C=O) groups is 2. The van der Waals surface area contributed by atoms with E-state index in [1.165, 1.54) is 0 Å². The molecule has 5 nitrogen and oxygen atoms in total. The number of aliphatic carboxylic acids is 1. The van der Waals surface area contributed by atoms with Crippen molar-refractivity contribution in [1.82, 2.24) is 10.3 Å². The van der Waals surface area contributed by atoms with E-state index in [2.05, 4.69) is 22.9 Å². The second-order valence-corrected chi connectivity index (χ2v) is 6.90. The molecule has 0 aliphatic carbocycles. The van der Waals surface area contributed by atoms with E-state index < -0.39 is 12.0 Å². The van der Waals surface area contributed by atoms with Gasteiger partial charge in [-0.3, -0.25) is 4.79 Å². The third kappa shape index (κ3) is 4.71. The van der Waals surface area contributed by atoms with Crippen LogP contribution < -0.4 is 5.32 Å². The van der Waals surface area contributed by atoms with Crippen LogP contribution in [0.2, 0.25) is 0 Å². The lowest BCUT2D eigenvalue weighted by atomic mass is 9.99. The van der Waals surface area contributed by atoms with Crippen LogP contribution in [0.5, 0.6) is 0 Å². The van der Waals surface area contributed by atoms with Gasteiger partial charge in [0.25, 0.3) is 0 Å². The van der Waals surface area contributed by atoms with Gasteiger partial charge in [-0.15, -0.1) is 0 Å². The van der Waals surface area contributed by atoms with Crippen LogP contribution >= 0.6 is 12.6 Å². The second-order valence-electron chi connectivity index (χ2n) is 6.53. The summed E-state index contributed by atoms with van der Waals surface area (Å²) >= 11 is 4.28. The maximum atomic E-state index is 12.7. The number of benzene rings is 2. The Bertz CT molecular complexity index is 923. The van der Waals surface area contributed by atoms with Crippen LogP contribution in [-0.4, -0.2) is 33.8 Å². The minimum atomic E-state index is -1.05. The Morgan fingerprint density at radius 2 is 1.74 bits per heavy atom. The molecule has 6 heteroatoms. The van der Waals surface area contributed by atoms with Crippen molar-refractivity contribution in [2.75, 3.05) is 5.75 Å². The molecule has 0 unspecified atom stereocenters. The van der Waals surface area contributed by atoms with Crippen LogP contribution in [0.15, 0.2) is 60.8 Å². The summed E-state index contributed by atoms with van der Waals surface area (Å²) in [4.78, 5) is 27.5. The molecule has 3 N–H and O–H groups in total. The normalized spacial score (nSPS) is 13.2. The minimum Gasteiger partial charge on any atom is -0.480 e. The summed E-state index contributed by atoms with van der Waals surface area (Å²) in [7, 11) is 0. The van der Waals surface area contributed by atoms with Crippen molar-refractivity contribution in [2.24, 2.45) is 5.92 Å². The molecule has 2 atom stereocenters. The van der Waals surface area contributed by atoms with Crippen LogP contribution in [0, 0.1) is 5.92 Å². The van der Waals surface area contributed by atoms with Gasteiger partial charge in [-0.25, -0.2) is 4.79 Å². The number of carboxylic acids is 1. The van der Waals surface area contributed by atoms with Crippen LogP contribution in [0.4, 0.5) is 0 Å². The smallest absolute Gasteiger partial charge is 0.326 e. The third-order valence-corrected chi connectivity index (χ3v) is 5.07. The number of carboxylic acid groups (broad SMARTS) is 1. The quantitative estimate of drug-likeness (QED) is 0.452. The lowest BCUT2D eigenvalue weighted by Crippen LogP contribution is -2.45. The summed E-state index contributed by atoms with van der Waals surface area (Å²) < 4.78 is 0. The average molecular weight is 382 g/mol. The minimum absolute atomic E-state index is 0.218. The molecule has 27 heavy (non-hydrogen) atoms. The van der Waals surface area contributed by atoms with Gasteiger partial charge in [-0.1, -0.05) is 48.5 Å². The third-order valence-electron chi connectivity index (χ3n) is 4.63. The van der Waals surface area contributed by atoms with Crippen LogP contribution in [0.25, 0.3) is 10.9 Å². The Labute approximate surface area is 163 Å². The predicted octanol–water partition coefficient (Wildman–Crippen LogP) is 3.07. The summed E-state index contributed by atoms with van der Waals surface area (Å²) in [5.41, 5.74) is 2.83. The average Bonchev–Trinajstić information content (AvgIpc) is 3.09. The maximum Gasteiger partial charge on any atom is 0.326 e. The van der Waals surface area contributed by atoms with Crippen molar-refractivity contribution in [3.8, 4) is 0 Å². The van der Waals surface area contributed by atoms with Crippen LogP contribution in [0.3, 0.4) is 0 Å². The van der Waals surface area contributed by atoms with Gasteiger partial charge in [0.15, 0.2) is 0 Å². The first-order valence-electron chi connectivity index (χ1n) is 8.81. The number of aromatic nitrogens is 1. The Balaban J connectivity index is 1.71. The van der Waals surface area contributed by atoms with Gasteiger partial charge in [0.1, 0.15) is 6.04 Å². The standard InChI is InChI=1S/C21H22N2O3S/c24-20(16(13-27)10-14-6-2-1-3-7-14)23-19(21(25)26)11-15-12-22-18-9-5-4-8-17(15)18/h1-9,12,16,19,22,27H,10-11,13H2,(H,23,24)(H,25,26)/t16-,19+/m0/s1. The van der Waals surface area contributed by atoms with E-state index in [-0.39, 0.29) is 18.2 Å². The van der Waals surface area contributed by atoms with E-state index in [1.807, 2.05) is 54.6 Å². The molecule has 0 saturated carbocycles. The number of nitrogens with one attached hydrogen (secondary N) is 2. The first-order chi connectivity index (χ1) is 13.1. The van der Waals surface area contributed by atoms with E-state index in [0.717, 1.165) is 22.0 Å². The molecule has 0 saturated heterocycles. The van der Waals surface area contributed by atoms with Gasteiger partial charge in [-0.2, -0.15) is 12.6 Å². The summed E-state index contributed by atoms with van der Waals surface area (Å²) in [5.74, 6) is -1.38. The first-order valence-corrected chi connectivity index (χ1v) is 9.44. The van der Waals surface area contributed by atoms with Gasteiger partial charge in [0.05, 0.1) is 5.92 Å². The molecule has 0 radical (unpaired) electrons. The number of hydrogen-bond donors (Lipinski definition) is 4. The number of carbonyl (C=O) groups excluding carboxylic acids is 1. The Morgan fingerprint density at radius 1 is 1.04 bits per heavy atom. The maximum absolute atomic E-state index is 12.7. The molecule has 0 spiro atoms. The number of H-pyrrole nitrogens is 1. The van der Waals surface area contributed by atoms with E-state index in [1.54, 1.807) is 6.20 Å². The zero-order valence-corrected chi connectivity index (χ0v) is 15.7. The highest BCUT2D eigenvalue weighted by Gasteiger charge is 2.25. The molecule has 1 aromatic heterocycles. The molecule has 0 bridgehead atoms. The van der Waals surface area contributed by atoms with Crippen LogP contribution in [-0.2, 0) is 22.4 Å². The molecule has 3 aromatic rings. The fraction of sp³-hybridized carbons (Fsp3) is 0.238. The van der Waals surface area contributed by atoms with Crippen molar-refractivity contribution >= 4 is 35.4 Å². The number of thiol groups is 1. The number of amides is 1. The first kappa shape index (κ1) is 19.0. The SMILES string of the molecule is O=C(N[C@H](Cc1c[nH]c2ccccc12)C(=O)O)[C@H](CS)Cc1ccccc1. The molecule has 2 aromatic carbocycles. The molecule has 1 heterocycles. The van der Waals surface area contributed by atoms with Crippen molar-refractivity contribution in [2.45, 2.75) is 18.9 Å². The van der Waals surface area contributed by atoms with Crippen molar-refractivity contribution < 1.29 is 14.7 Å². The summed E-state index contributed by atoms with van der Waals surface area (Å²) in [6, 6.07) is 16.4. The predicted molar refractivity (Wildman–Crippen MR) is 109 cm³/mol. The molecule has 3 rings (SSSR count). The van der Waals surface area contributed by atoms with E-state index in [9.17, 15) is 14.7 Å².